The van der Waals surface area contributed by atoms with Gasteiger partial charge >= 0.3 is 0 Å². The van der Waals surface area contributed by atoms with Gasteiger partial charge in [-0.2, -0.15) is 0 Å². The second kappa shape index (κ2) is 10.5. The number of ether oxygens (including phenoxy) is 1. The highest BCUT2D eigenvalue weighted by molar-refractivity contribution is 7.80. The van der Waals surface area contributed by atoms with Crippen molar-refractivity contribution in [2.24, 2.45) is 0 Å². The van der Waals surface area contributed by atoms with E-state index in [1.165, 1.54) is 30.3 Å². The van der Waals surface area contributed by atoms with Gasteiger partial charge in [0.2, 0.25) is 5.91 Å². The van der Waals surface area contributed by atoms with Gasteiger partial charge in [0.05, 0.1) is 4.92 Å². The van der Waals surface area contributed by atoms with Gasteiger partial charge in [0.15, 0.2) is 11.7 Å². The zero-order valence-corrected chi connectivity index (χ0v) is 16.2. The topological polar surface area (TPSA) is 123 Å². The van der Waals surface area contributed by atoms with E-state index in [0.717, 1.165) is 11.1 Å². The van der Waals surface area contributed by atoms with Crippen molar-refractivity contribution in [1.29, 1.82) is 0 Å². The molecule has 0 heterocycles. The molecular weight excluding hydrogens is 396 g/mol. The number of amides is 2. The van der Waals surface area contributed by atoms with E-state index < -0.39 is 16.7 Å². The number of carbonyl (C=O) groups is 2. The molecule has 29 heavy (non-hydrogen) atoms. The van der Waals surface area contributed by atoms with Crippen LogP contribution >= 0.6 is 12.2 Å². The number of nitro benzene ring substituents is 1. The van der Waals surface area contributed by atoms with Crippen molar-refractivity contribution in [3.05, 3.63) is 75.8 Å². The highest BCUT2D eigenvalue weighted by atomic mass is 32.1. The Balaban J connectivity index is 1.69. The highest BCUT2D eigenvalue weighted by Crippen LogP contribution is 2.16. The van der Waals surface area contributed by atoms with Crippen molar-refractivity contribution in [2.45, 2.75) is 6.92 Å². The minimum absolute atomic E-state index is 0.0824. The Bertz CT molecular complexity index is 927. The Labute approximate surface area is 171 Å². The zero-order valence-electron chi connectivity index (χ0n) is 15.4. The van der Waals surface area contributed by atoms with E-state index in [-0.39, 0.29) is 17.4 Å². The Hall–Kier alpha value is -3.79. The molecule has 0 saturated carbocycles. The van der Waals surface area contributed by atoms with E-state index in [9.17, 15) is 19.7 Å². The summed E-state index contributed by atoms with van der Waals surface area (Å²) in [5, 5.41) is 12.9. The largest absolute Gasteiger partial charge is 0.484 e. The van der Waals surface area contributed by atoms with Gasteiger partial charge in [-0.3, -0.25) is 35.9 Å². The second-order valence-corrected chi connectivity index (χ2v) is 6.18. The Morgan fingerprint density at radius 1 is 1.10 bits per heavy atom. The van der Waals surface area contributed by atoms with Crippen molar-refractivity contribution in [1.82, 2.24) is 16.2 Å². The lowest BCUT2D eigenvalue weighted by Gasteiger charge is -2.10. The lowest BCUT2D eigenvalue weighted by Crippen LogP contribution is -2.49. The molecule has 0 unspecified atom stereocenters. The maximum absolute atomic E-state index is 11.8. The average Bonchev–Trinajstić information content (AvgIpc) is 2.70. The van der Waals surface area contributed by atoms with Crippen molar-refractivity contribution in [3.63, 3.8) is 0 Å². The minimum Gasteiger partial charge on any atom is -0.484 e. The van der Waals surface area contributed by atoms with Crippen LogP contribution in [0.3, 0.4) is 0 Å². The summed E-state index contributed by atoms with van der Waals surface area (Å²) < 4.78 is 5.20. The maximum atomic E-state index is 11.8. The van der Waals surface area contributed by atoms with Crippen molar-refractivity contribution >= 4 is 40.9 Å². The number of aryl methyl sites for hydroxylation is 1. The van der Waals surface area contributed by atoms with Crippen LogP contribution in [-0.2, 0) is 9.59 Å². The van der Waals surface area contributed by atoms with Crippen LogP contribution in [0.4, 0.5) is 5.69 Å². The van der Waals surface area contributed by atoms with E-state index in [1.54, 1.807) is 6.08 Å². The lowest BCUT2D eigenvalue weighted by molar-refractivity contribution is -0.384. The second-order valence-electron chi connectivity index (χ2n) is 5.78. The first-order valence-corrected chi connectivity index (χ1v) is 8.76. The Morgan fingerprint density at radius 2 is 1.76 bits per heavy atom. The summed E-state index contributed by atoms with van der Waals surface area (Å²) in [6.07, 6.45) is 2.95. The molecule has 0 spiro atoms. The van der Waals surface area contributed by atoms with E-state index in [1.807, 2.05) is 31.2 Å². The van der Waals surface area contributed by atoms with Gasteiger partial charge in [0.25, 0.3) is 11.6 Å². The first kappa shape index (κ1) is 21.5. The number of hydrazine groups is 1. The number of nitro groups is 1. The van der Waals surface area contributed by atoms with Gasteiger partial charge in [-0.25, -0.2) is 0 Å². The molecular formula is C19H18N4O5S. The SMILES string of the molecule is Cc1ccc(/C=C/C(=O)NC(=S)NNC(=O)COc2ccc([N+](=O)[O-])cc2)cc1. The predicted molar refractivity (Wildman–Crippen MR) is 111 cm³/mol. The Kier molecular flexibility index (Phi) is 7.80. The predicted octanol–water partition coefficient (Wildman–Crippen LogP) is 2.02. The van der Waals surface area contributed by atoms with E-state index in [4.69, 9.17) is 17.0 Å². The fraction of sp³-hybridized carbons (Fsp3) is 0.105. The molecule has 2 aromatic carbocycles. The highest BCUT2D eigenvalue weighted by Gasteiger charge is 2.07. The van der Waals surface area contributed by atoms with Crippen molar-refractivity contribution < 1.29 is 19.2 Å². The molecule has 0 radical (unpaired) electrons. The van der Waals surface area contributed by atoms with E-state index >= 15 is 0 Å². The summed E-state index contributed by atoms with van der Waals surface area (Å²) in [6, 6.07) is 12.9. The monoisotopic (exact) mass is 414 g/mol. The fourth-order valence-electron chi connectivity index (χ4n) is 2.01. The molecule has 0 atom stereocenters. The molecule has 3 N–H and O–H groups in total. The van der Waals surface area contributed by atoms with Crippen LogP contribution in [0.1, 0.15) is 11.1 Å². The fourth-order valence-corrected chi connectivity index (χ4v) is 2.16. The molecule has 0 saturated heterocycles. The maximum Gasteiger partial charge on any atom is 0.276 e. The molecule has 2 rings (SSSR count). The van der Waals surface area contributed by atoms with Crippen LogP contribution in [0.25, 0.3) is 6.08 Å². The number of hydrogen-bond donors (Lipinski definition) is 3. The summed E-state index contributed by atoms with van der Waals surface area (Å²) >= 11 is 4.92. The molecule has 0 bridgehead atoms. The lowest BCUT2D eigenvalue weighted by atomic mass is 10.1. The van der Waals surface area contributed by atoms with Gasteiger partial charge in [-0.05, 0) is 42.9 Å². The number of rotatable bonds is 6. The molecule has 0 aromatic heterocycles. The van der Waals surface area contributed by atoms with E-state index in [0.29, 0.717) is 5.75 Å². The smallest absolute Gasteiger partial charge is 0.276 e. The summed E-state index contributed by atoms with van der Waals surface area (Å²) in [4.78, 5) is 33.6. The third-order valence-corrected chi connectivity index (χ3v) is 3.68. The van der Waals surface area contributed by atoms with Crippen LogP contribution in [0.15, 0.2) is 54.6 Å². The van der Waals surface area contributed by atoms with Crippen LogP contribution in [-0.4, -0.2) is 28.5 Å². The molecule has 2 aromatic rings. The molecule has 10 heteroatoms. The number of nitrogens with one attached hydrogen (secondary N) is 3. The molecule has 2 amide bonds. The number of nitrogens with zero attached hydrogens (tertiary/aromatic N) is 1. The van der Waals surface area contributed by atoms with Gasteiger partial charge in [-0.15, -0.1) is 0 Å². The quantitative estimate of drug-likeness (QED) is 0.286. The molecule has 150 valence electrons. The first-order valence-electron chi connectivity index (χ1n) is 8.35. The van der Waals surface area contributed by atoms with Gasteiger partial charge in [-0.1, -0.05) is 29.8 Å². The summed E-state index contributed by atoms with van der Waals surface area (Å²) in [7, 11) is 0. The molecule has 0 aliphatic heterocycles. The third kappa shape index (κ3) is 7.77. The standard InChI is InChI=1S/C19H18N4O5S/c1-13-2-4-14(5-3-13)6-11-17(24)20-19(29)22-21-18(25)12-28-16-9-7-15(8-10-16)23(26)27/h2-11H,12H2,1H3,(H,21,25)(H2,20,22,24,29)/b11-6+. The normalized spacial score (nSPS) is 10.2. The molecule has 0 aliphatic carbocycles. The van der Waals surface area contributed by atoms with Crippen LogP contribution < -0.4 is 20.9 Å². The van der Waals surface area contributed by atoms with Crippen molar-refractivity contribution in [3.8, 4) is 5.75 Å². The molecule has 9 nitrogen and oxygen atoms in total. The number of hydrogen-bond acceptors (Lipinski definition) is 6. The summed E-state index contributed by atoms with van der Waals surface area (Å²) in [5.74, 6) is -0.725. The summed E-state index contributed by atoms with van der Waals surface area (Å²) in [5.41, 5.74) is 6.54. The first-order chi connectivity index (χ1) is 13.8. The van der Waals surface area contributed by atoms with Crippen LogP contribution in [0, 0.1) is 17.0 Å². The van der Waals surface area contributed by atoms with Gasteiger partial charge in [0, 0.05) is 18.2 Å². The van der Waals surface area contributed by atoms with E-state index in [2.05, 4.69) is 16.2 Å². The van der Waals surface area contributed by atoms with Crippen molar-refractivity contribution in [2.75, 3.05) is 6.61 Å². The number of thiocarbonyl (C=S) groups is 1. The average molecular weight is 414 g/mol. The number of carbonyl (C=O) groups excluding carboxylic acids is 2. The summed E-state index contributed by atoms with van der Waals surface area (Å²) in [6.45, 7) is 1.62. The van der Waals surface area contributed by atoms with Crippen LogP contribution in [0.2, 0.25) is 0 Å². The molecule has 0 fully saturated rings. The number of non-ortho nitro benzene ring substituents is 1. The molecule has 0 aliphatic rings. The van der Waals surface area contributed by atoms with Gasteiger partial charge < -0.3 is 4.74 Å². The minimum atomic E-state index is -0.560. The Morgan fingerprint density at radius 3 is 2.38 bits per heavy atom. The third-order valence-electron chi connectivity index (χ3n) is 3.47. The van der Waals surface area contributed by atoms with Gasteiger partial charge in [0.1, 0.15) is 5.75 Å². The zero-order chi connectivity index (χ0) is 21.2. The number of benzene rings is 2. The van der Waals surface area contributed by atoms with Crippen LogP contribution in [0.5, 0.6) is 5.75 Å².